The van der Waals surface area contributed by atoms with E-state index in [1.165, 1.54) is 24.4 Å². The Morgan fingerprint density at radius 2 is 2.25 bits per heavy atom. The van der Waals surface area contributed by atoms with E-state index in [9.17, 15) is 9.59 Å². The van der Waals surface area contributed by atoms with Crippen LogP contribution in [0.5, 0.6) is 0 Å². The fraction of sp³-hybridized carbons (Fsp3) is 0.300. The number of aromatic amines is 1. The first-order chi connectivity index (χ1) is 9.58. The number of rotatable bonds is 6. The maximum Gasteiger partial charge on any atom is 0.322 e. The number of carboxylic acids is 1. The number of nitrogens with two attached hydrogens (primary N) is 1. The van der Waals surface area contributed by atoms with Crippen LogP contribution in [0, 0.1) is 0 Å². The van der Waals surface area contributed by atoms with Gasteiger partial charge in [-0.1, -0.05) is 0 Å². The first kappa shape index (κ1) is 14.2. The number of hydrogen-bond donors (Lipinski definition) is 4. The minimum Gasteiger partial charge on any atom is -0.480 e. The highest BCUT2D eigenvalue weighted by Crippen LogP contribution is 2.21. The number of carbonyl (C=O) groups excluding carboxylic acids is 1. The molecule has 2 aromatic rings. The smallest absolute Gasteiger partial charge is 0.322 e. The predicted octanol–water partition coefficient (Wildman–Crippen LogP) is -1.03. The van der Waals surface area contributed by atoms with E-state index in [2.05, 4.69) is 25.3 Å². The molecule has 0 radical (unpaired) electrons. The van der Waals surface area contributed by atoms with Gasteiger partial charge >= 0.3 is 5.97 Å². The van der Waals surface area contributed by atoms with Crippen LogP contribution in [0.3, 0.4) is 0 Å². The van der Waals surface area contributed by atoms with E-state index < -0.39 is 24.5 Å². The SMILES string of the molecule is N[C@@H](CSc1ncnc2nc[nH]c12)C(=O)NCC(=O)O. The van der Waals surface area contributed by atoms with Gasteiger partial charge in [-0.3, -0.25) is 9.59 Å². The third-order valence-corrected chi connectivity index (χ3v) is 3.45. The van der Waals surface area contributed by atoms with Gasteiger partial charge in [0.15, 0.2) is 5.65 Å². The van der Waals surface area contributed by atoms with E-state index in [-0.39, 0.29) is 5.75 Å². The molecule has 2 aromatic heterocycles. The van der Waals surface area contributed by atoms with Crippen molar-refractivity contribution in [2.45, 2.75) is 11.1 Å². The summed E-state index contributed by atoms with van der Waals surface area (Å²) in [5, 5.41) is 11.3. The van der Waals surface area contributed by atoms with Crippen LogP contribution in [0.4, 0.5) is 0 Å². The second kappa shape index (κ2) is 6.30. The lowest BCUT2D eigenvalue weighted by atomic mass is 10.3. The number of hydrogen-bond acceptors (Lipinski definition) is 7. The van der Waals surface area contributed by atoms with Crippen molar-refractivity contribution in [2.75, 3.05) is 12.3 Å². The van der Waals surface area contributed by atoms with Crippen molar-refractivity contribution in [1.29, 1.82) is 0 Å². The maximum absolute atomic E-state index is 11.5. The topological polar surface area (TPSA) is 147 Å². The van der Waals surface area contributed by atoms with Crippen molar-refractivity contribution in [2.24, 2.45) is 5.73 Å². The molecule has 2 heterocycles. The minimum absolute atomic E-state index is 0.261. The molecule has 0 spiro atoms. The predicted molar refractivity (Wildman–Crippen MR) is 71.0 cm³/mol. The van der Waals surface area contributed by atoms with Crippen molar-refractivity contribution >= 4 is 34.8 Å². The molecule has 0 aliphatic rings. The van der Waals surface area contributed by atoms with Crippen molar-refractivity contribution in [3.63, 3.8) is 0 Å². The molecular weight excluding hydrogens is 284 g/mol. The zero-order chi connectivity index (χ0) is 14.5. The molecule has 20 heavy (non-hydrogen) atoms. The van der Waals surface area contributed by atoms with Gasteiger partial charge < -0.3 is 21.1 Å². The number of H-pyrrole nitrogens is 1. The number of nitrogens with one attached hydrogen (secondary N) is 2. The molecule has 1 atom stereocenters. The van der Waals surface area contributed by atoms with E-state index in [1.807, 2.05) is 0 Å². The van der Waals surface area contributed by atoms with Gasteiger partial charge in [-0.05, 0) is 0 Å². The van der Waals surface area contributed by atoms with Gasteiger partial charge in [-0.2, -0.15) is 0 Å². The fourth-order valence-corrected chi connectivity index (χ4v) is 2.30. The summed E-state index contributed by atoms with van der Waals surface area (Å²) in [6.45, 7) is -0.449. The van der Waals surface area contributed by atoms with Gasteiger partial charge in [-0.25, -0.2) is 15.0 Å². The zero-order valence-corrected chi connectivity index (χ0v) is 11.1. The van der Waals surface area contributed by atoms with Crippen molar-refractivity contribution in [1.82, 2.24) is 25.3 Å². The first-order valence-electron chi connectivity index (χ1n) is 5.60. The zero-order valence-electron chi connectivity index (χ0n) is 10.2. The van der Waals surface area contributed by atoms with Crippen LogP contribution in [0.15, 0.2) is 17.7 Å². The first-order valence-corrected chi connectivity index (χ1v) is 6.58. The van der Waals surface area contributed by atoms with Crippen molar-refractivity contribution < 1.29 is 14.7 Å². The summed E-state index contributed by atoms with van der Waals surface area (Å²) in [5.41, 5.74) is 6.89. The molecule has 0 saturated carbocycles. The number of aromatic nitrogens is 4. The summed E-state index contributed by atoms with van der Waals surface area (Å²) in [7, 11) is 0. The molecule has 0 saturated heterocycles. The maximum atomic E-state index is 11.5. The Balaban J connectivity index is 1.93. The second-order valence-electron chi connectivity index (χ2n) is 3.81. The Morgan fingerprint density at radius 3 is 3.00 bits per heavy atom. The second-order valence-corrected chi connectivity index (χ2v) is 4.82. The number of aliphatic carboxylic acids is 1. The van der Waals surface area contributed by atoms with Crippen LogP contribution >= 0.6 is 11.8 Å². The number of fused-ring (bicyclic) bond motifs is 1. The lowest BCUT2D eigenvalue weighted by Gasteiger charge is -2.10. The molecule has 0 unspecified atom stereocenters. The number of thioether (sulfide) groups is 1. The Hall–Kier alpha value is -2.20. The summed E-state index contributed by atoms with van der Waals surface area (Å²) >= 11 is 1.27. The molecule has 2 rings (SSSR count). The average Bonchev–Trinajstić information content (AvgIpc) is 2.90. The molecular formula is C10H12N6O3S. The molecule has 0 bridgehead atoms. The third kappa shape index (κ3) is 3.42. The van der Waals surface area contributed by atoms with Crippen LogP contribution < -0.4 is 11.1 Å². The lowest BCUT2D eigenvalue weighted by Crippen LogP contribution is -2.44. The van der Waals surface area contributed by atoms with Gasteiger partial charge in [0.25, 0.3) is 0 Å². The fourth-order valence-electron chi connectivity index (χ4n) is 1.39. The third-order valence-electron chi connectivity index (χ3n) is 2.34. The molecule has 0 fully saturated rings. The number of carbonyl (C=O) groups is 2. The summed E-state index contributed by atoms with van der Waals surface area (Å²) in [5.74, 6) is -1.38. The molecule has 0 aromatic carbocycles. The Labute approximate surface area is 117 Å². The van der Waals surface area contributed by atoms with Crippen molar-refractivity contribution in [3.05, 3.63) is 12.7 Å². The Bertz CT molecular complexity index is 630. The number of carboxylic acid groups (broad SMARTS) is 1. The molecule has 9 nitrogen and oxygen atoms in total. The summed E-state index contributed by atoms with van der Waals surface area (Å²) in [6.07, 6.45) is 2.88. The van der Waals surface area contributed by atoms with Gasteiger partial charge in [0.05, 0.1) is 12.4 Å². The van der Waals surface area contributed by atoms with Crippen LogP contribution in [-0.4, -0.2) is 55.3 Å². The van der Waals surface area contributed by atoms with E-state index >= 15 is 0 Å². The van der Waals surface area contributed by atoms with Crippen molar-refractivity contribution in [3.8, 4) is 0 Å². The minimum atomic E-state index is -1.12. The number of amides is 1. The standard InChI is InChI=1S/C10H12N6O3S/c11-5(9(19)12-1-6(17)18)2-20-10-7-8(14-3-13-7)15-4-16-10/h3-5H,1-2,11H2,(H,12,19)(H,17,18)(H,13,14,15,16)/t5-/m0/s1. The highest BCUT2D eigenvalue weighted by atomic mass is 32.2. The normalized spacial score (nSPS) is 12.2. The largest absolute Gasteiger partial charge is 0.480 e. The Morgan fingerprint density at radius 1 is 1.45 bits per heavy atom. The van der Waals surface area contributed by atoms with E-state index in [4.69, 9.17) is 10.8 Å². The van der Waals surface area contributed by atoms with Crippen LogP contribution in [-0.2, 0) is 9.59 Å². The highest BCUT2D eigenvalue weighted by Gasteiger charge is 2.16. The van der Waals surface area contributed by atoms with Gasteiger partial charge in [0.2, 0.25) is 5.91 Å². The van der Waals surface area contributed by atoms with Gasteiger partial charge in [0, 0.05) is 5.75 Å². The molecule has 1 amide bonds. The summed E-state index contributed by atoms with van der Waals surface area (Å²) < 4.78 is 0. The van der Waals surface area contributed by atoms with Gasteiger partial charge in [0.1, 0.15) is 23.4 Å². The number of imidazole rings is 1. The molecule has 0 aliphatic carbocycles. The van der Waals surface area contributed by atoms with Crippen LogP contribution in [0.1, 0.15) is 0 Å². The highest BCUT2D eigenvalue weighted by molar-refractivity contribution is 7.99. The van der Waals surface area contributed by atoms with Gasteiger partial charge in [-0.15, -0.1) is 11.8 Å². The summed E-state index contributed by atoms with van der Waals surface area (Å²) in [6, 6.07) is -0.827. The molecule has 10 heteroatoms. The lowest BCUT2D eigenvalue weighted by molar-refractivity contribution is -0.138. The average molecular weight is 296 g/mol. The van der Waals surface area contributed by atoms with Crippen LogP contribution in [0.2, 0.25) is 0 Å². The number of nitrogens with zero attached hydrogens (tertiary/aromatic N) is 3. The molecule has 5 N–H and O–H groups in total. The Kier molecular flexibility index (Phi) is 4.48. The van der Waals surface area contributed by atoms with Crippen LogP contribution in [0.25, 0.3) is 11.2 Å². The summed E-state index contributed by atoms with van der Waals surface area (Å²) in [4.78, 5) is 36.8. The quantitative estimate of drug-likeness (QED) is 0.391. The molecule has 0 aliphatic heterocycles. The van der Waals surface area contributed by atoms with E-state index in [0.717, 1.165) is 0 Å². The van der Waals surface area contributed by atoms with E-state index in [1.54, 1.807) is 0 Å². The van der Waals surface area contributed by atoms with E-state index in [0.29, 0.717) is 16.2 Å². The molecule has 106 valence electrons. The monoisotopic (exact) mass is 296 g/mol.